The highest BCUT2D eigenvalue weighted by atomic mass is 32.2. The third-order valence-electron chi connectivity index (χ3n) is 4.88. The van der Waals surface area contributed by atoms with Gasteiger partial charge >= 0.3 is 0 Å². The van der Waals surface area contributed by atoms with Crippen molar-refractivity contribution in [1.82, 2.24) is 14.6 Å². The summed E-state index contributed by atoms with van der Waals surface area (Å²) in [5.41, 5.74) is 1.74. The van der Waals surface area contributed by atoms with Crippen LogP contribution in [-0.2, 0) is 21.4 Å². The molecule has 1 aliphatic rings. The van der Waals surface area contributed by atoms with Gasteiger partial charge in [-0.3, -0.25) is 9.78 Å². The van der Waals surface area contributed by atoms with E-state index in [-0.39, 0.29) is 23.3 Å². The van der Waals surface area contributed by atoms with Gasteiger partial charge < -0.3 is 10.1 Å². The lowest BCUT2D eigenvalue weighted by Gasteiger charge is -2.31. The van der Waals surface area contributed by atoms with E-state index < -0.39 is 10.0 Å². The van der Waals surface area contributed by atoms with Gasteiger partial charge in [0.15, 0.2) is 0 Å². The number of carbonyl (C=O) groups is 1. The number of pyridine rings is 1. The zero-order valence-corrected chi connectivity index (χ0v) is 16.9. The molecular weight excluding hydrogens is 378 g/mol. The summed E-state index contributed by atoms with van der Waals surface area (Å²) < 4.78 is 33.0. The number of aryl methyl sites for hydroxylation is 1. The normalized spacial score (nSPS) is 17.9. The molecule has 0 aliphatic carbocycles. The predicted molar refractivity (Wildman–Crippen MR) is 105 cm³/mol. The van der Waals surface area contributed by atoms with Gasteiger partial charge in [-0.05, 0) is 49.1 Å². The Hall–Kier alpha value is -2.45. The van der Waals surface area contributed by atoms with E-state index in [1.807, 2.05) is 25.1 Å². The molecule has 1 aliphatic heterocycles. The fourth-order valence-corrected chi connectivity index (χ4v) is 5.10. The lowest BCUT2D eigenvalue weighted by Crippen LogP contribution is -2.45. The van der Waals surface area contributed by atoms with Crippen LogP contribution in [0.3, 0.4) is 0 Å². The molecule has 2 aromatic rings. The number of carbonyl (C=O) groups excluding carboxylic acids is 1. The fourth-order valence-electron chi connectivity index (χ4n) is 3.34. The Morgan fingerprint density at radius 1 is 1.36 bits per heavy atom. The Balaban J connectivity index is 1.72. The van der Waals surface area contributed by atoms with Gasteiger partial charge in [0.2, 0.25) is 15.9 Å². The molecule has 3 rings (SSSR count). The lowest BCUT2D eigenvalue weighted by atomic mass is 9.99. The average molecular weight is 404 g/mol. The summed E-state index contributed by atoms with van der Waals surface area (Å²) in [6.07, 6.45) is 4.67. The molecule has 1 aromatic carbocycles. The number of methoxy groups -OCH3 is 1. The summed E-state index contributed by atoms with van der Waals surface area (Å²) in [5.74, 6) is -0.204. The van der Waals surface area contributed by atoms with E-state index in [1.54, 1.807) is 24.5 Å². The first kappa shape index (κ1) is 20.3. The van der Waals surface area contributed by atoms with E-state index in [9.17, 15) is 13.2 Å². The second-order valence-electron chi connectivity index (χ2n) is 6.94. The monoisotopic (exact) mass is 403 g/mol. The number of piperidine rings is 1. The number of benzene rings is 1. The number of nitrogens with one attached hydrogen (secondary N) is 1. The van der Waals surface area contributed by atoms with Crippen molar-refractivity contribution in [1.29, 1.82) is 0 Å². The van der Waals surface area contributed by atoms with E-state index in [0.717, 1.165) is 11.1 Å². The Morgan fingerprint density at radius 2 is 2.18 bits per heavy atom. The number of amides is 1. The second kappa shape index (κ2) is 8.70. The maximum absolute atomic E-state index is 13.2. The van der Waals surface area contributed by atoms with Crippen LogP contribution in [0.4, 0.5) is 0 Å². The zero-order valence-electron chi connectivity index (χ0n) is 16.1. The smallest absolute Gasteiger partial charge is 0.246 e. The van der Waals surface area contributed by atoms with Gasteiger partial charge in [-0.15, -0.1) is 0 Å². The molecule has 2 heterocycles. The fraction of sp³-hybridized carbons (Fsp3) is 0.400. The molecule has 1 aromatic heterocycles. The Kier molecular flexibility index (Phi) is 6.31. The first-order chi connectivity index (χ1) is 13.4. The van der Waals surface area contributed by atoms with Crippen molar-refractivity contribution in [2.24, 2.45) is 5.92 Å². The second-order valence-corrected chi connectivity index (χ2v) is 8.84. The summed E-state index contributed by atoms with van der Waals surface area (Å²) in [5, 5.41) is 2.89. The van der Waals surface area contributed by atoms with Gasteiger partial charge in [-0.2, -0.15) is 4.31 Å². The molecule has 1 atom stereocenters. The Morgan fingerprint density at radius 3 is 2.89 bits per heavy atom. The molecule has 1 amide bonds. The van der Waals surface area contributed by atoms with Crippen molar-refractivity contribution in [3.63, 3.8) is 0 Å². The van der Waals surface area contributed by atoms with Crippen LogP contribution in [-0.4, -0.2) is 43.8 Å². The molecule has 1 fully saturated rings. The van der Waals surface area contributed by atoms with Crippen molar-refractivity contribution in [3.05, 3.63) is 53.9 Å². The van der Waals surface area contributed by atoms with Crippen molar-refractivity contribution in [3.8, 4) is 5.75 Å². The molecule has 7 nitrogen and oxygen atoms in total. The molecule has 0 radical (unpaired) electrons. The van der Waals surface area contributed by atoms with Crippen molar-refractivity contribution >= 4 is 15.9 Å². The topological polar surface area (TPSA) is 88.6 Å². The number of ether oxygens (including phenoxy) is 1. The van der Waals surface area contributed by atoms with E-state index in [1.165, 1.54) is 11.4 Å². The minimum Gasteiger partial charge on any atom is -0.495 e. The molecule has 1 saturated heterocycles. The van der Waals surface area contributed by atoms with Crippen LogP contribution in [0.1, 0.15) is 24.0 Å². The van der Waals surface area contributed by atoms with E-state index in [0.29, 0.717) is 31.7 Å². The maximum atomic E-state index is 13.2. The van der Waals surface area contributed by atoms with E-state index in [4.69, 9.17) is 4.74 Å². The SMILES string of the molecule is COc1ccc(C)cc1S(=O)(=O)N1CCC[C@H](C(=O)NCc2cccnc2)C1. The minimum absolute atomic E-state index is 0.139. The number of hydrogen-bond donors (Lipinski definition) is 1. The average Bonchev–Trinajstić information content (AvgIpc) is 2.72. The molecule has 1 N–H and O–H groups in total. The van der Waals surface area contributed by atoms with Gasteiger partial charge in [0.25, 0.3) is 0 Å². The lowest BCUT2D eigenvalue weighted by molar-refractivity contribution is -0.126. The summed E-state index contributed by atoms with van der Waals surface area (Å²) in [6.45, 7) is 2.77. The highest BCUT2D eigenvalue weighted by molar-refractivity contribution is 7.89. The molecule has 0 saturated carbocycles. The molecule has 0 spiro atoms. The Labute approximate surface area is 165 Å². The number of nitrogens with zero attached hydrogens (tertiary/aromatic N) is 2. The van der Waals surface area contributed by atoms with Crippen LogP contribution >= 0.6 is 0 Å². The summed E-state index contributed by atoms with van der Waals surface area (Å²) in [4.78, 5) is 16.8. The minimum atomic E-state index is -3.74. The molecule has 28 heavy (non-hydrogen) atoms. The van der Waals surface area contributed by atoms with Crippen LogP contribution in [0.2, 0.25) is 0 Å². The Bertz CT molecular complexity index is 932. The van der Waals surface area contributed by atoms with Crippen LogP contribution in [0, 0.1) is 12.8 Å². The number of aromatic nitrogens is 1. The van der Waals surface area contributed by atoms with Gasteiger partial charge in [0.05, 0.1) is 13.0 Å². The summed E-state index contributed by atoms with van der Waals surface area (Å²) >= 11 is 0. The number of sulfonamides is 1. The van der Waals surface area contributed by atoms with Crippen LogP contribution in [0.25, 0.3) is 0 Å². The quantitative estimate of drug-likeness (QED) is 0.798. The largest absolute Gasteiger partial charge is 0.495 e. The summed E-state index contributed by atoms with van der Waals surface area (Å²) in [6, 6.07) is 8.77. The zero-order chi connectivity index (χ0) is 20.1. The number of rotatable bonds is 6. The van der Waals surface area contributed by atoms with Crippen molar-refractivity contribution in [2.75, 3.05) is 20.2 Å². The third-order valence-corrected chi connectivity index (χ3v) is 6.77. The van der Waals surface area contributed by atoms with Crippen LogP contribution in [0.15, 0.2) is 47.6 Å². The van der Waals surface area contributed by atoms with Gasteiger partial charge in [-0.25, -0.2) is 8.42 Å². The van der Waals surface area contributed by atoms with Crippen molar-refractivity contribution in [2.45, 2.75) is 31.2 Å². The highest BCUT2D eigenvalue weighted by Crippen LogP contribution is 2.30. The van der Waals surface area contributed by atoms with Gasteiger partial charge in [-0.1, -0.05) is 12.1 Å². The maximum Gasteiger partial charge on any atom is 0.246 e. The molecule has 0 bridgehead atoms. The van der Waals surface area contributed by atoms with Gasteiger partial charge in [0.1, 0.15) is 10.6 Å². The standard InChI is InChI=1S/C20H25N3O4S/c1-15-7-8-18(27-2)19(11-15)28(25,26)23-10-4-6-17(14-23)20(24)22-13-16-5-3-9-21-12-16/h3,5,7-9,11-12,17H,4,6,10,13-14H2,1-2H3,(H,22,24)/t17-/m0/s1. The first-order valence-corrected chi connectivity index (χ1v) is 10.7. The van der Waals surface area contributed by atoms with Gasteiger partial charge in [0, 0.05) is 32.0 Å². The predicted octanol–water partition coefficient (Wildman–Crippen LogP) is 2.12. The molecular formula is C20H25N3O4S. The number of hydrogen-bond acceptors (Lipinski definition) is 5. The van der Waals surface area contributed by atoms with E-state index >= 15 is 0 Å². The summed E-state index contributed by atoms with van der Waals surface area (Å²) in [7, 11) is -2.29. The van der Waals surface area contributed by atoms with E-state index in [2.05, 4.69) is 10.3 Å². The van der Waals surface area contributed by atoms with Crippen LogP contribution < -0.4 is 10.1 Å². The molecule has 8 heteroatoms. The molecule has 0 unspecified atom stereocenters. The molecule has 150 valence electrons. The highest BCUT2D eigenvalue weighted by Gasteiger charge is 2.34. The van der Waals surface area contributed by atoms with Crippen molar-refractivity contribution < 1.29 is 17.9 Å². The first-order valence-electron chi connectivity index (χ1n) is 9.23. The third kappa shape index (κ3) is 4.51. The van der Waals surface area contributed by atoms with Crippen LogP contribution in [0.5, 0.6) is 5.75 Å².